The van der Waals surface area contributed by atoms with Crippen molar-refractivity contribution in [2.45, 2.75) is 31.8 Å². The van der Waals surface area contributed by atoms with Gasteiger partial charge in [0.25, 0.3) is 0 Å². The van der Waals surface area contributed by atoms with E-state index in [-0.39, 0.29) is 18.9 Å². The van der Waals surface area contributed by atoms with Gasteiger partial charge in [-0.15, -0.1) is 0 Å². The molecule has 5 nitrogen and oxygen atoms in total. The molecular weight excluding hydrogens is 385 g/mol. The van der Waals surface area contributed by atoms with Crippen molar-refractivity contribution in [3.63, 3.8) is 0 Å². The van der Waals surface area contributed by atoms with Crippen LogP contribution in [-0.2, 0) is 11.2 Å². The molecule has 0 aliphatic carbocycles. The summed E-state index contributed by atoms with van der Waals surface area (Å²) in [7, 11) is 0. The average molecular weight is 410 g/mol. The molecule has 2 rings (SSSR count). The number of carbonyl (C=O) groups is 1. The van der Waals surface area contributed by atoms with Gasteiger partial charge in [-0.3, -0.25) is 9.78 Å². The molecule has 0 saturated heterocycles. The second-order valence-corrected chi connectivity index (χ2v) is 7.23. The van der Waals surface area contributed by atoms with Gasteiger partial charge < -0.3 is 15.7 Å². The molecule has 0 fully saturated rings. The number of rotatable bonds is 10. The molecule has 7 heteroatoms. The molecule has 0 spiro atoms. The van der Waals surface area contributed by atoms with Gasteiger partial charge in [0, 0.05) is 24.5 Å². The predicted octanol–water partition coefficient (Wildman–Crippen LogP) is 3.62. The summed E-state index contributed by atoms with van der Waals surface area (Å²) in [6.45, 7) is 1.42. The smallest absolute Gasteiger partial charge is 0.227 e. The standard InChI is InChI=1S/C20H25Cl2N3O2/c21-17-7-6-15(11-18(17)22)12-20(27)25(10-3-1-2-8-23)14-19(26)16-5-4-9-24-13-16/h4-7,9,11,13,19,26H,1-3,8,10,12,14,23H2. The Bertz CT molecular complexity index is 728. The third-order valence-corrected chi connectivity index (χ3v) is 5.03. The van der Waals surface area contributed by atoms with Crippen molar-refractivity contribution in [1.82, 2.24) is 9.88 Å². The maximum absolute atomic E-state index is 12.8. The Hall–Kier alpha value is -1.66. The zero-order chi connectivity index (χ0) is 19.6. The largest absolute Gasteiger partial charge is 0.386 e. The highest BCUT2D eigenvalue weighted by Gasteiger charge is 2.19. The minimum Gasteiger partial charge on any atom is -0.386 e. The first-order valence-electron chi connectivity index (χ1n) is 9.01. The number of unbranched alkanes of at least 4 members (excludes halogenated alkanes) is 2. The maximum Gasteiger partial charge on any atom is 0.227 e. The number of aliphatic hydroxyl groups excluding tert-OH is 1. The topological polar surface area (TPSA) is 79.4 Å². The second kappa shape index (κ2) is 11.2. The van der Waals surface area contributed by atoms with E-state index in [9.17, 15) is 9.90 Å². The number of aromatic nitrogens is 1. The average Bonchev–Trinajstić information content (AvgIpc) is 2.67. The van der Waals surface area contributed by atoms with Gasteiger partial charge in [-0.1, -0.05) is 41.8 Å². The van der Waals surface area contributed by atoms with E-state index in [4.69, 9.17) is 28.9 Å². The fourth-order valence-electron chi connectivity index (χ4n) is 2.76. The first kappa shape index (κ1) is 21.6. The molecule has 0 saturated carbocycles. The second-order valence-electron chi connectivity index (χ2n) is 6.42. The Labute approximate surface area is 170 Å². The molecule has 1 heterocycles. The predicted molar refractivity (Wildman–Crippen MR) is 109 cm³/mol. The summed E-state index contributed by atoms with van der Waals surface area (Å²) in [6.07, 6.45) is 5.37. The van der Waals surface area contributed by atoms with Crippen molar-refractivity contribution >= 4 is 29.1 Å². The number of carbonyl (C=O) groups excluding carboxylic acids is 1. The highest BCUT2D eigenvalue weighted by atomic mass is 35.5. The van der Waals surface area contributed by atoms with Gasteiger partial charge in [-0.2, -0.15) is 0 Å². The number of nitrogens with two attached hydrogens (primary N) is 1. The van der Waals surface area contributed by atoms with Crippen molar-refractivity contribution in [3.8, 4) is 0 Å². The Morgan fingerprint density at radius 1 is 1.19 bits per heavy atom. The Morgan fingerprint density at radius 2 is 2.00 bits per heavy atom. The van der Waals surface area contributed by atoms with Crippen LogP contribution in [-0.4, -0.2) is 40.5 Å². The number of hydrogen-bond acceptors (Lipinski definition) is 4. The lowest BCUT2D eigenvalue weighted by Crippen LogP contribution is -2.36. The van der Waals surface area contributed by atoms with E-state index in [2.05, 4.69) is 4.98 Å². The molecule has 1 atom stereocenters. The van der Waals surface area contributed by atoms with Crippen LogP contribution in [0.2, 0.25) is 10.0 Å². The molecule has 0 aliphatic heterocycles. The van der Waals surface area contributed by atoms with Gasteiger partial charge in [0.05, 0.1) is 29.1 Å². The van der Waals surface area contributed by atoms with Crippen LogP contribution in [0.5, 0.6) is 0 Å². The van der Waals surface area contributed by atoms with E-state index >= 15 is 0 Å². The zero-order valence-electron chi connectivity index (χ0n) is 15.2. The van der Waals surface area contributed by atoms with Crippen LogP contribution in [0.15, 0.2) is 42.7 Å². The van der Waals surface area contributed by atoms with Crippen LogP contribution in [0, 0.1) is 0 Å². The summed E-state index contributed by atoms with van der Waals surface area (Å²) in [4.78, 5) is 18.6. The summed E-state index contributed by atoms with van der Waals surface area (Å²) in [6, 6.07) is 8.74. The van der Waals surface area contributed by atoms with Gasteiger partial charge >= 0.3 is 0 Å². The lowest BCUT2D eigenvalue weighted by molar-refractivity contribution is -0.132. The van der Waals surface area contributed by atoms with E-state index in [0.29, 0.717) is 28.7 Å². The Kier molecular flexibility index (Phi) is 9.01. The fourth-order valence-corrected chi connectivity index (χ4v) is 3.09. The van der Waals surface area contributed by atoms with Crippen molar-refractivity contribution in [2.75, 3.05) is 19.6 Å². The normalized spacial score (nSPS) is 12.0. The van der Waals surface area contributed by atoms with Crippen LogP contribution in [0.4, 0.5) is 0 Å². The number of nitrogens with zero attached hydrogens (tertiary/aromatic N) is 2. The van der Waals surface area contributed by atoms with Crippen molar-refractivity contribution in [3.05, 3.63) is 63.9 Å². The molecule has 1 aromatic carbocycles. The number of pyridine rings is 1. The molecule has 146 valence electrons. The number of hydrogen-bond donors (Lipinski definition) is 2. The van der Waals surface area contributed by atoms with Crippen LogP contribution in [0.3, 0.4) is 0 Å². The molecule has 27 heavy (non-hydrogen) atoms. The molecule has 3 N–H and O–H groups in total. The van der Waals surface area contributed by atoms with E-state index in [1.165, 1.54) is 0 Å². The molecule has 0 radical (unpaired) electrons. The number of halogens is 2. The molecule has 1 unspecified atom stereocenters. The van der Waals surface area contributed by atoms with Gasteiger partial charge in [0.2, 0.25) is 5.91 Å². The van der Waals surface area contributed by atoms with Crippen LogP contribution in [0.1, 0.15) is 36.5 Å². The summed E-state index contributed by atoms with van der Waals surface area (Å²) in [5.41, 5.74) is 7.02. The van der Waals surface area contributed by atoms with Gasteiger partial charge in [-0.05, 0) is 43.1 Å². The van der Waals surface area contributed by atoms with E-state index in [0.717, 1.165) is 24.8 Å². The zero-order valence-corrected chi connectivity index (χ0v) is 16.7. The van der Waals surface area contributed by atoms with Crippen molar-refractivity contribution in [2.24, 2.45) is 5.73 Å². The quantitative estimate of drug-likeness (QED) is 0.587. The highest BCUT2D eigenvalue weighted by Crippen LogP contribution is 2.23. The van der Waals surface area contributed by atoms with Crippen LogP contribution >= 0.6 is 23.2 Å². The summed E-state index contributed by atoms with van der Waals surface area (Å²) >= 11 is 12.0. The van der Waals surface area contributed by atoms with Crippen molar-refractivity contribution < 1.29 is 9.90 Å². The number of benzene rings is 1. The number of aliphatic hydroxyl groups is 1. The van der Waals surface area contributed by atoms with E-state index in [1.54, 1.807) is 47.6 Å². The summed E-state index contributed by atoms with van der Waals surface area (Å²) < 4.78 is 0. The molecule has 1 aromatic heterocycles. The SMILES string of the molecule is NCCCCCN(CC(O)c1cccnc1)C(=O)Cc1ccc(Cl)c(Cl)c1. The van der Waals surface area contributed by atoms with Gasteiger partial charge in [0.1, 0.15) is 0 Å². The Balaban J connectivity index is 2.05. The van der Waals surface area contributed by atoms with Crippen LogP contribution in [0.25, 0.3) is 0 Å². The van der Waals surface area contributed by atoms with Gasteiger partial charge in [0.15, 0.2) is 0 Å². The first-order chi connectivity index (χ1) is 13.0. The Morgan fingerprint density at radius 3 is 2.67 bits per heavy atom. The molecule has 1 amide bonds. The van der Waals surface area contributed by atoms with Gasteiger partial charge in [-0.25, -0.2) is 0 Å². The fraction of sp³-hybridized carbons (Fsp3) is 0.400. The molecule has 0 bridgehead atoms. The molecule has 2 aromatic rings. The molecule has 0 aliphatic rings. The third kappa shape index (κ3) is 7.11. The van der Waals surface area contributed by atoms with E-state index in [1.807, 2.05) is 0 Å². The lowest BCUT2D eigenvalue weighted by Gasteiger charge is -2.26. The first-order valence-corrected chi connectivity index (χ1v) is 9.76. The highest BCUT2D eigenvalue weighted by molar-refractivity contribution is 6.42. The van der Waals surface area contributed by atoms with E-state index < -0.39 is 6.10 Å². The number of amides is 1. The summed E-state index contributed by atoms with van der Waals surface area (Å²) in [5, 5.41) is 11.4. The minimum absolute atomic E-state index is 0.0657. The van der Waals surface area contributed by atoms with Crippen molar-refractivity contribution in [1.29, 1.82) is 0 Å². The monoisotopic (exact) mass is 409 g/mol. The molecular formula is C20H25Cl2N3O2. The third-order valence-electron chi connectivity index (χ3n) is 4.29. The summed E-state index contributed by atoms with van der Waals surface area (Å²) in [5.74, 6) is -0.0657. The minimum atomic E-state index is -0.786. The van der Waals surface area contributed by atoms with Crippen LogP contribution < -0.4 is 5.73 Å². The maximum atomic E-state index is 12.8. The lowest BCUT2D eigenvalue weighted by atomic mass is 10.1.